The van der Waals surface area contributed by atoms with E-state index < -0.39 is 0 Å². The van der Waals surface area contributed by atoms with Crippen LogP contribution in [0.1, 0.15) is 55.1 Å². The molecule has 0 unspecified atom stereocenters. The van der Waals surface area contributed by atoms with Gasteiger partial charge in [-0.25, -0.2) is 9.97 Å². The number of imidazole rings is 2. The van der Waals surface area contributed by atoms with Crippen molar-refractivity contribution in [3.05, 3.63) is 78.6 Å². The summed E-state index contributed by atoms with van der Waals surface area (Å²) in [5.74, 6) is 2.03. The van der Waals surface area contributed by atoms with E-state index in [0.29, 0.717) is 6.04 Å². The van der Waals surface area contributed by atoms with Crippen molar-refractivity contribution in [1.29, 1.82) is 0 Å². The number of aromatic nitrogens is 6. The molecule has 0 saturated carbocycles. The Hall–Kier alpha value is -4.01. The van der Waals surface area contributed by atoms with Crippen LogP contribution in [0.5, 0.6) is 0 Å². The summed E-state index contributed by atoms with van der Waals surface area (Å²) in [7, 11) is 1.97. The zero-order valence-electron chi connectivity index (χ0n) is 21.5. The molecular weight excluding hydrogens is 472 g/mol. The molecule has 0 bridgehead atoms. The summed E-state index contributed by atoms with van der Waals surface area (Å²) >= 11 is 0. The van der Waals surface area contributed by atoms with Gasteiger partial charge in [0.25, 0.3) is 0 Å². The quantitative estimate of drug-likeness (QED) is 0.212. The number of aromatic amines is 2. The Labute approximate surface area is 227 Å². The normalized spacial score (nSPS) is 19.4. The number of hydrogen-bond acceptors (Lipinski definition) is 5. The van der Waals surface area contributed by atoms with E-state index in [1.54, 1.807) is 0 Å². The maximum atomic E-state index is 5.06. The fourth-order valence-electron chi connectivity index (χ4n) is 5.73. The highest BCUT2D eigenvalue weighted by molar-refractivity contribution is 5.79. The van der Waals surface area contributed by atoms with E-state index in [1.807, 2.05) is 30.2 Å². The first-order valence-electron chi connectivity index (χ1n) is 13.5. The molecule has 5 heterocycles. The lowest BCUT2D eigenvalue weighted by atomic mass is 10.0. The maximum absolute atomic E-state index is 5.06. The Balaban J connectivity index is 0.00000121. The third-order valence-electron chi connectivity index (χ3n) is 7.86. The average Bonchev–Trinajstić information content (AvgIpc) is 3.79. The van der Waals surface area contributed by atoms with E-state index in [-0.39, 0.29) is 11.7 Å². The summed E-state index contributed by atoms with van der Waals surface area (Å²) in [4.78, 5) is 16.8. The summed E-state index contributed by atoms with van der Waals surface area (Å²) in [5.41, 5.74) is 8.66. The zero-order valence-corrected chi connectivity index (χ0v) is 21.5. The molecule has 7 rings (SSSR count). The minimum Gasteiger partial charge on any atom is -0.341 e. The molecule has 4 N–H and O–H groups in total. The predicted molar refractivity (Wildman–Crippen MR) is 158 cm³/mol. The highest BCUT2D eigenvalue weighted by Crippen LogP contribution is 2.34. The second-order valence-corrected chi connectivity index (χ2v) is 10.3. The van der Waals surface area contributed by atoms with Crippen molar-refractivity contribution in [2.45, 2.75) is 37.8 Å². The molecule has 0 amide bonds. The van der Waals surface area contributed by atoms with Crippen LogP contribution in [-0.4, -0.2) is 42.8 Å². The van der Waals surface area contributed by atoms with Crippen molar-refractivity contribution in [3.63, 3.8) is 0 Å². The summed E-state index contributed by atoms with van der Waals surface area (Å²) in [6.07, 6.45) is 8.40. The van der Waals surface area contributed by atoms with Crippen LogP contribution in [0, 0.1) is 0 Å². The number of rotatable bonds is 6. The molecule has 200 valence electrons. The van der Waals surface area contributed by atoms with Gasteiger partial charge < -0.3 is 20.6 Å². The van der Waals surface area contributed by atoms with Crippen molar-refractivity contribution >= 4 is 0 Å². The fourth-order valence-corrected chi connectivity index (χ4v) is 5.73. The maximum Gasteiger partial charge on any atom is 0.124 e. The Morgan fingerprint density at radius 3 is 2.00 bits per heavy atom. The van der Waals surface area contributed by atoms with Crippen molar-refractivity contribution < 1.29 is 5.71 Å². The second kappa shape index (κ2) is 9.70. The second-order valence-electron chi connectivity index (χ2n) is 10.3. The minimum absolute atomic E-state index is 0. The molecule has 3 aromatic heterocycles. The van der Waals surface area contributed by atoms with Crippen LogP contribution >= 0.6 is 0 Å². The molecule has 2 aliphatic heterocycles. The van der Waals surface area contributed by atoms with Gasteiger partial charge in [0, 0.05) is 24.5 Å². The average molecular weight is 513 g/mol. The Kier molecular flexibility index (Phi) is 5.91. The molecule has 0 aliphatic carbocycles. The lowest BCUT2D eigenvalue weighted by molar-refractivity contribution is 0.613. The van der Waals surface area contributed by atoms with Crippen molar-refractivity contribution in [1.82, 2.24) is 40.3 Å². The van der Waals surface area contributed by atoms with Gasteiger partial charge in [-0.3, -0.25) is 4.68 Å². The lowest BCUT2D eigenvalue weighted by Crippen LogP contribution is -2.14. The Bertz CT molecular complexity index is 1550. The summed E-state index contributed by atoms with van der Waals surface area (Å²) in [6, 6.07) is 20.0. The SMILES string of the molecule is Cn1nccc1-c1[nH]c([C@@H]2CCCN2)nc1-c1ccc(-c2ccc(-c3cnc([C@@H]4CCCN4)[nH]3)cc2)cc1.[HH].[HH].[HH].[HH]. The van der Waals surface area contributed by atoms with Crippen LogP contribution in [-0.2, 0) is 7.05 Å². The number of nitrogens with one attached hydrogen (secondary N) is 4. The van der Waals surface area contributed by atoms with Gasteiger partial charge in [0.05, 0.1) is 41.1 Å². The van der Waals surface area contributed by atoms with E-state index in [9.17, 15) is 0 Å². The number of H-pyrrole nitrogens is 2. The van der Waals surface area contributed by atoms with E-state index in [2.05, 4.69) is 79.2 Å². The largest absolute Gasteiger partial charge is 0.341 e. The molecule has 2 aliphatic rings. The van der Waals surface area contributed by atoms with E-state index in [4.69, 9.17) is 4.98 Å². The number of benzene rings is 2. The molecule has 2 fully saturated rings. The first kappa shape index (κ1) is 23.1. The van der Waals surface area contributed by atoms with Crippen LogP contribution in [0.4, 0.5) is 0 Å². The van der Waals surface area contributed by atoms with Gasteiger partial charge in [-0.15, -0.1) is 0 Å². The Morgan fingerprint density at radius 1 is 0.763 bits per heavy atom. The molecule has 5 aromatic rings. The molecule has 2 aromatic carbocycles. The summed E-state index contributed by atoms with van der Waals surface area (Å²) in [6.45, 7) is 2.10. The molecule has 38 heavy (non-hydrogen) atoms. The van der Waals surface area contributed by atoms with E-state index >= 15 is 0 Å². The smallest absolute Gasteiger partial charge is 0.124 e. The van der Waals surface area contributed by atoms with Gasteiger partial charge in [-0.05, 0) is 61.5 Å². The standard InChI is InChI=1S/C30H32N8.4H2/c1-38-26(14-17-34-38)28-27(36-30(37-28)24-5-3-16-32-24)22-12-8-20(9-13-22)19-6-10-21(11-7-19)25-18-33-29(35-25)23-4-2-15-31-23;;;;/h6-14,17-18,23-24,31-32H,2-5,15-16H2,1H3,(H,33,35)(H,36,37);4*1H/t23-,24-;;;;/m0..../s1. The van der Waals surface area contributed by atoms with Gasteiger partial charge in [0.1, 0.15) is 11.6 Å². The van der Waals surface area contributed by atoms with Crippen LogP contribution in [0.2, 0.25) is 0 Å². The molecule has 0 radical (unpaired) electrons. The molecule has 8 nitrogen and oxygen atoms in total. The number of nitrogens with zero attached hydrogens (tertiary/aromatic N) is 4. The van der Waals surface area contributed by atoms with E-state index in [1.165, 1.54) is 24.0 Å². The number of aryl methyl sites for hydroxylation is 1. The molecule has 2 saturated heterocycles. The van der Waals surface area contributed by atoms with Gasteiger partial charge in [-0.2, -0.15) is 5.10 Å². The lowest BCUT2D eigenvalue weighted by Gasteiger charge is -2.07. The van der Waals surface area contributed by atoms with Crippen LogP contribution < -0.4 is 10.6 Å². The van der Waals surface area contributed by atoms with Crippen molar-refractivity contribution in [2.75, 3.05) is 13.1 Å². The third kappa shape index (κ3) is 4.25. The summed E-state index contributed by atoms with van der Waals surface area (Å²) in [5, 5.41) is 11.5. The van der Waals surface area contributed by atoms with Crippen molar-refractivity contribution in [3.8, 4) is 45.0 Å². The topological polar surface area (TPSA) is 99.2 Å². The van der Waals surface area contributed by atoms with Crippen LogP contribution in [0.15, 0.2) is 67.0 Å². The summed E-state index contributed by atoms with van der Waals surface area (Å²) < 4.78 is 1.89. The highest BCUT2D eigenvalue weighted by Gasteiger charge is 2.24. The van der Waals surface area contributed by atoms with E-state index in [0.717, 1.165) is 71.5 Å². The third-order valence-corrected chi connectivity index (χ3v) is 7.86. The molecule has 0 spiro atoms. The van der Waals surface area contributed by atoms with Gasteiger partial charge in [-0.1, -0.05) is 48.5 Å². The minimum atomic E-state index is 0. The van der Waals surface area contributed by atoms with Gasteiger partial charge in [0.2, 0.25) is 0 Å². The molecule has 8 heteroatoms. The first-order valence-corrected chi connectivity index (χ1v) is 13.5. The van der Waals surface area contributed by atoms with Crippen LogP contribution in [0.25, 0.3) is 45.0 Å². The first-order chi connectivity index (χ1) is 18.7. The van der Waals surface area contributed by atoms with Gasteiger partial charge in [0.15, 0.2) is 0 Å². The number of hydrogen-bond donors (Lipinski definition) is 4. The monoisotopic (exact) mass is 512 g/mol. The van der Waals surface area contributed by atoms with Gasteiger partial charge >= 0.3 is 0 Å². The van der Waals surface area contributed by atoms with Crippen molar-refractivity contribution in [2.24, 2.45) is 7.05 Å². The highest BCUT2D eigenvalue weighted by atomic mass is 15.3. The van der Waals surface area contributed by atoms with Crippen LogP contribution in [0.3, 0.4) is 0 Å². The molecular formula is C30H40N8. The zero-order chi connectivity index (χ0) is 25.5. The fraction of sp³-hybridized carbons (Fsp3) is 0.300. The predicted octanol–water partition coefficient (Wildman–Crippen LogP) is 6.37. The molecule has 2 atom stereocenters. The Morgan fingerprint density at radius 2 is 1.39 bits per heavy atom.